The van der Waals surface area contributed by atoms with E-state index in [0.29, 0.717) is 11.9 Å². The van der Waals surface area contributed by atoms with Crippen LogP contribution in [0.5, 0.6) is 5.75 Å². The summed E-state index contributed by atoms with van der Waals surface area (Å²) in [4.78, 5) is 16.8. The molecular weight excluding hydrogens is 316 g/mol. The van der Waals surface area contributed by atoms with Crippen LogP contribution in [0.4, 0.5) is 5.69 Å². The predicted molar refractivity (Wildman–Crippen MR) is 94.6 cm³/mol. The van der Waals surface area contributed by atoms with Gasteiger partial charge in [0.1, 0.15) is 11.3 Å². The number of benzene rings is 2. The molecule has 1 aliphatic rings. The summed E-state index contributed by atoms with van der Waals surface area (Å²) in [5.74, 6) is -0.0623. The van der Waals surface area contributed by atoms with Gasteiger partial charge in [0.2, 0.25) is 5.91 Å². The normalized spacial score (nSPS) is 16.8. The van der Waals surface area contributed by atoms with Crippen molar-refractivity contribution in [1.29, 1.82) is 0 Å². The van der Waals surface area contributed by atoms with Gasteiger partial charge >= 0.3 is 0 Å². The number of amides is 1. The largest absolute Gasteiger partial charge is 0.506 e. The van der Waals surface area contributed by atoms with Gasteiger partial charge in [0, 0.05) is 34.5 Å². The third-order valence-electron chi connectivity index (χ3n) is 4.73. The number of rotatable bonds is 1. The molecule has 3 heterocycles. The molecule has 1 amide bonds. The standard InChI is InChI=1S/C19H14N4O2/c24-17-3-1-2-10-4-5-14(22-19(10)17)13-7-18(25)21-16-8-15-11(6-12(13)16)9-20-23-15/h1-6,8-9,13,24H,7H2,(H,20,23)(H,21,25). The Bertz CT molecular complexity index is 1150. The molecule has 1 aliphatic heterocycles. The van der Waals surface area contributed by atoms with Crippen molar-refractivity contribution < 1.29 is 9.90 Å². The maximum Gasteiger partial charge on any atom is 0.225 e. The minimum absolute atomic E-state index is 0.0458. The van der Waals surface area contributed by atoms with E-state index in [2.05, 4.69) is 20.5 Å². The van der Waals surface area contributed by atoms with E-state index < -0.39 is 0 Å². The lowest BCUT2D eigenvalue weighted by Gasteiger charge is -2.25. The summed E-state index contributed by atoms with van der Waals surface area (Å²) in [5.41, 5.74) is 3.99. The van der Waals surface area contributed by atoms with Gasteiger partial charge in [0.15, 0.2) is 0 Å². The molecule has 5 rings (SSSR count). The highest BCUT2D eigenvalue weighted by Crippen LogP contribution is 2.39. The zero-order valence-electron chi connectivity index (χ0n) is 13.2. The van der Waals surface area contributed by atoms with Crippen molar-refractivity contribution in [1.82, 2.24) is 15.2 Å². The number of phenols is 1. The fourth-order valence-corrected chi connectivity index (χ4v) is 3.51. The topological polar surface area (TPSA) is 90.9 Å². The van der Waals surface area contributed by atoms with Crippen LogP contribution in [0.15, 0.2) is 48.7 Å². The number of nitrogens with one attached hydrogen (secondary N) is 2. The van der Waals surface area contributed by atoms with E-state index in [9.17, 15) is 9.90 Å². The fourth-order valence-electron chi connectivity index (χ4n) is 3.51. The Hall–Kier alpha value is -3.41. The lowest BCUT2D eigenvalue weighted by molar-refractivity contribution is -0.116. The van der Waals surface area contributed by atoms with E-state index in [1.165, 1.54) is 0 Å². The van der Waals surface area contributed by atoms with E-state index in [-0.39, 0.29) is 17.6 Å². The molecule has 2 aromatic heterocycles. The summed E-state index contributed by atoms with van der Waals surface area (Å²) in [7, 11) is 0. The maximum atomic E-state index is 12.2. The first kappa shape index (κ1) is 14.0. The van der Waals surface area contributed by atoms with Crippen molar-refractivity contribution in [2.75, 3.05) is 5.32 Å². The number of carbonyl (C=O) groups excluding carboxylic acids is 1. The molecule has 0 saturated carbocycles. The molecule has 4 aromatic rings. The number of anilines is 1. The van der Waals surface area contributed by atoms with Crippen LogP contribution in [0.2, 0.25) is 0 Å². The molecule has 0 spiro atoms. The average molecular weight is 330 g/mol. The second-order valence-corrected chi connectivity index (χ2v) is 6.29. The number of carbonyl (C=O) groups is 1. The Kier molecular flexibility index (Phi) is 2.82. The first-order valence-corrected chi connectivity index (χ1v) is 8.04. The van der Waals surface area contributed by atoms with Crippen LogP contribution in [0.25, 0.3) is 21.8 Å². The quantitative estimate of drug-likeness (QED) is 0.499. The molecule has 0 bridgehead atoms. The molecule has 0 aliphatic carbocycles. The Morgan fingerprint density at radius 3 is 2.96 bits per heavy atom. The molecule has 6 nitrogen and oxygen atoms in total. The van der Waals surface area contributed by atoms with Crippen LogP contribution < -0.4 is 5.32 Å². The van der Waals surface area contributed by atoms with Gasteiger partial charge in [-0.2, -0.15) is 5.10 Å². The summed E-state index contributed by atoms with van der Waals surface area (Å²) in [6, 6.07) is 13.1. The van der Waals surface area contributed by atoms with E-state index in [4.69, 9.17) is 0 Å². The van der Waals surface area contributed by atoms with Crippen molar-refractivity contribution in [3.8, 4) is 5.75 Å². The second-order valence-electron chi connectivity index (χ2n) is 6.29. The van der Waals surface area contributed by atoms with Crippen LogP contribution in [-0.4, -0.2) is 26.2 Å². The molecule has 0 saturated heterocycles. The van der Waals surface area contributed by atoms with Crippen molar-refractivity contribution in [3.05, 3.63) is 59.9 Å². The van der Waals surface area contributed by atoms with E-state index >= 15 is 0 Å². The number of phenolic OH excluding ortho intramolecular Hbond substituents is 1. The molecule has 3 N–H and O–H groups in total. The van der Waals surface area contributed by atoms with Gasteiger partial charge in [-0.05, 0) is 29.8 Å². The first-order chi connectivity index (χ1) is 12.2. The average Bonchev–Trinajstić information content (AvgIpc) is 3.06. The summed E-state index contributed by atoms with van der Waals surface area (Å²) in [5, 5.41) is 21.9. The van der Waals surface area contributed by atoms with Gasteiger partial charge in [-0.25, -0.2) is 4.98 Å². The summed E-state index contributed by atoms with van der Waals surface area (Å²) >= 11 is 0. The maximum absolute atomic E-state index is 12.2. The van der Waals surface area contributed by atoms with Gasteiger partial charge in [0.05, 0.1) is 11.7 Å². The minimum Gasteiger partial charge on any atom is -0.506 e. The predicted octanol–water partition coefficient (Wildman–Crippen LogP) is 3.29. The number of para-hydroxylation sites is 1. The van der Waals surface area contributed by atoms with E-state index in [1.807, 2.05) is 30.3 Å². The van der Waals surface area contributed by atoms with Crippen LogP contribution in [0, 0.1) is 0 Å². The van der Waals surface area contributed by atoms with Crippen molar-refractivity contribution >= 4 is 33.4 Å². The number of hydrogen-bond acceptors (Lipinski definition) is 4. The Morgan fingerprint density at radius 2 is 2.04 bits per heavy atom. The number of aromatic hydroxyl groups is 1. The number of pyridine rings is 1. The van der Waals surface area contributed by atoms with Gasteiger partial charge in [0.25, 0.3) is 0 Å². The van der Waals surface area contributed by atoms with Gasteiger partial charge in [-0.1, -0.05) is 18.2 Å². The molecule has 2 aromatic carbocycles. The molecule has 0 radical (unpaired) electrons. The number of hydrogen-bond donors (Lipinski definition) is 3. The monoisotopic (exact) mass is 330 g/mol. The molecular formula is C19H14N4O2. The van der Waals surface area contributed by atoms with Crippen LogP contribution >= 0.6 is 0 Å². The van der Waals surface area contributed by atoms with Gasteiger partial charge < -0.3 is 10.4 Å². The second kappa shape index (κ2) is 5.04. The fraction of sp³-hybridized carbons (Fsp3) is 0.105. The summed E-state index contributed by atoms with van der Waals surface area (Å²) in [6.07, 6.45) is 2.09. The van der Waals surface area contributed by atoms with Crippen LogP contribution in [-0.2, 0) is 4.79 Å². The number of aromatic amines is 1. The summed E-state index contributed by atoms with van der Waals surface area (Å²) < 4.78 is 0. The first-order valence-electron chi connectivity index (χ1n) is 8.04. The van der Waals surface area contributed by atoms with Crippen molar-refractivity contribution in [2.24, 2.45) is 0 Å². The highest BCUT2D eigenvalue weighted by atomic mass is 16.3. The SMILES string of the molecule is O=C1CC(c2ccc3cccc(O)c3n2)c2cc3cn[nH]c3cc2N1. The Morgan fingerprint density at radius 1 is 1.12 bits per heavy atom. The van der Waals surface area contributed by atoms with Crippen LogP contribution in [0.3, 0.4) is 0 Å². The molecule has 6 heteroatoms. The van der Waals surface area contributed by atoms with Gasteiger partial charge in [-0.3, -0.25) is 9.89 Å². The smallest absolute Gasteiger partial charge is 0.225 e. The Balaban J connectivity index is 1.72. The number of aromatic nitrogens is 3. The molecule has 0 fully saturated rings. The van der Waals surface area contributed by atoms with Gasteiger partial charge in [-0.15, -0.1) is 0 Å². The summed E-state index contributed by atoms with van der Waals surface area (Å²) in [6.45, 7) is 0. The number of H-pyrrole nitrogens is 1. The molecule has 1 unspecified atom stereocenters. The molecule has 122 valence electrons. The number of nitrogens with zero attached hydrogens (tertiary/aromatic N) is 2. The Labute approximate surface area is 142 Å². The lowest BCUT2D eigenvalue weighted by Crippen LogP contribution is -2.24. The molecule has 1 atom stereocenters. The highest BCUT2D eigenvalue weighted by Gasteiger charge is 2.28. The van der Waals surface area contributed by atoms with Crippen LogP contribution in [0.1, 0.15) is 23.6 Å². The van der Waals surface area contributed by atoms with Crippen molar-refractivity contribution in [3.63, 3.8) is 0 Å². The minimum atomic E-state index is -0.160. The zero-order chi connectivity index (χ0) is 17.0. The lowest BCUT2D eigenvalue weighted by atomic mass is 9.86. The van der Waals surface area contributed by atoms with Crippen molar-refractivity contribution in [2.45, 2.75) is 12.3 Å². The third-order valence-corrected chi connectivity index (χ3v) is 4.73. The van der Waals surface area contributed by atoms with E-state index in [1.54, 1.807) is 18.3 Å². The van der Waals surface area contributed by atoms with E-state index in [0.717, 1.165) is 33.2 Å². The molecule has 25 heavy (non-hydrogen) atoms. The third kappa shape index (κ3) is 2.15. The number of fused-ring (bicyclic) bond motifs is 3. The highest BCUT2D eigenvalue weighted by molar-refractivity contribution is 5.98. The zero-order valence-corrected chi connectivity index (χ0v) is 13.2.